The molecule has 0 radical (unpaired) electrons. The molecule has 0 atom stereocenters. The van der Waals surface area contributed by atoms with Crippen molar-refractivity contribution >= 4 is 11.8 Å². The average Bonchev–Trinajstić information content (AvgIpc) is 3.27. The monoisotopic (exact) mass is 301 g/mol. The van der Waals surface area contributed by atoms with Gasteiger partial charge < -0.3 is 5.32 Å². The molecule has 0 saturated heterocycles. The molecule has 21 heavy (non-hydrogen) atoms. The fourth-order valence-corrected chi connectivity index (χ4v) is 3.37. The summed E-state index contributed by atoms with van der Waals surface area (Å²) in [5.41, 5.74) is 3.56. The van der Waals surface area contributed by atoms with E-state index in [2.05, 4.69) is 37.4 Å². The first-order valence-corrected chi connectivity index (χ1v) is 8.20. The van der Waals surface area contributed by atoms with Crippen molar-refractivity contribution in [3.05, 3.63) is 58.9 Å². The highest BCUT2D eigenvalue weighted by Crippen LogP contribution is 2.34. The van der Waals surface area contributed by atoms with E-state index in [0.29, 0.717) is 6.04 Å². The second-order valence-electron chi connectivity index (χ2n) is 5.78. The predicted molar refractivity (Wildman–Crippen MR) is 86.3 cm³/mol. The van der Waals surface area contributed by atoms with E-state index in [9.17, 15) is 4.39 Å². The van der Waals surface area contributed by atoms with E-state index >= 15 is 0 Å². The molecule has 1 fully saturated rings. The van der Waals surface area contributed by atoms with E-state index in [0.717, 1.165) is 17.0 Å². The molecular formula is C18H20FNS. The van der Waals surface area contributed by atoms with Crippen molar-refractivity contribution in [1.82, 2.24) is 5.32 Å². The Morgan fingerprint density at radius 3 is 2.67 bits per heavy atom. The molecule has 0 unspecified atom stereocenters. The van der Waals surface area contributed by atoms with Crippen LogP contribution in [0.25, 0.3) is 0 Å². The van der Waals surface area contributed by atoms with E-state index < -0.39 is 0 Å². The molecule has 3 heteroatoms. The van der Waals surface area contributed by atoms with Crippen LogP contribution in [0.3, 0.4) is 0 Å². The van der Waals surface area contributed by atoms with Crippen molar-refractivity contribution in [3.8, 4) is 0 Å². The van der Waals surface area contributed by atoms with E-state index in [1.165, 1.54) is 28.9 Å². The third-order valence-electron chi connectivity index (χ3n) is 3.74. The molecule has 1 saturated carbocycles. The molecule has 0 spiro atoms. The summed E-state index contributed by atoms with van der Waals surface area (Å²) in [7, 11) is 0. The lowest BCUT2D eigenvalue weighted by molar-refractivity contribution is 0.616. The van der Waals surface area contributed by atoms with Crippen LogP contribution in [-0.2, 0) is 6.54 Å². The molecule has 1 aliphatic rings. The molecular weight excluding hydrogens is 281 g/mol. The molecule has 0 aromatic heterocycles. The van der Waals surface area contributed by atoms with Crippen molar-refractivity contribution in [3.63, 3.8) is 0 Å². The number of halogens is 1. The van der Waals surface area contributed by atoms with Crippen LogP contribution in [0.4, 0.5) is 4.39 Å². The summed E-state index contributed by atoms with van der Waals surface area (Å²) in [6, 6.07) is 12.2. The number of benzene rings is 2. The van der Waals surface area contributed by atoms with Crippen LogP contribution in [0.1, 0.15) is 29.5 Å². The number of rotatable bonds is 5. The fourth-order valence-electron chi connectivity index (χ4n) is 2.26. The second kappa shape index (κ2) is 6.20. The quantitative estimate of drug-likeness (QED) is 0.847. The molecule has 3 rings (SSSR count). The Morgan fingerprint density at radius 2 is 1.90 bits per heavy atom. The summed E-state index contributed by atoms with van der Waals surface area (Å²) in [4.78, 5) is 2.38. The maximum atomic E-state index is 13.5. The summed E-state index contributed by atoms with van der Waals surface area (Å²) in [6.07, 6.45) is 2.49. The maximum Gasteiger partial charge on any atom is 0.123 e. The van der Waals surface area contributed by atoms with Gasteiger partial charge in [0.25, 0.3) is 0 Å². The minimum atomic E-state index is -0.159. The van der Waals surface area contributed by atoms with Crippen molar-refractivity contribution in [2.24, 2.45) is 0 Å². The Hall–Kier alpha value is -1.32. The number of hydrogen-bond donors (Lipinski definition) is 1. The summed E-state index contributed by atoms with van der Waals surface area (Å²) in [5.74, 6) is -0.159. The van der Waals surface area contributed by atoms with Crippen LogP contribution >= 0.6 is 11.8 Å². The van der Waals surface area contributed by atoms with Gasteiger partial charge >= 0.3 is 0 Å². The van der Waals surface area contributed by atoms with Gasteiger partial charge in [-0.2, -0.15) is 0 Å². The summed E-state index contributed by atoms with van der Waals surface area (Å²) < 4.78 is 13.5. The Labute approximate surface area is 130 Å². The molecule has 1 aliphatic carbocycles. The number of hydrogen-bond acceptors (Lipinski definition) is 2. The van der Waals surface area contributed by atoms with E-state index in [1.54, 1.807) is 23.9 Å². The zero-order chi connectivity index (χ0) is 14.8. The van der Waals surface area contributed by atoms with Gasteiger partial charge in [-0.15, -0.1) is 0 Å². The van der Waals surface area contributed by atoms with Gasteiger partial charge in [0.2, 0.25) is 0 Å². The molecule has 1 N–H and O–H groups in total. The van der Waals surface area contributed by atoms with Gasteiger partial charge in [0, 0.05) is 22.4 Å². The third-order valence-corrected chi connectivity index (χ3v) is 5.02. The van der Waals surface area contributed by atoms with Crippen LogP contribution in [0.2, 0.25) is 0 Å². The van der Waals surface area contributed by atoms with E-state index in [4.69, 9.17) is 0 Å². The summed E-state index contributed by atoms with van der Waals surface area (Å²) in [5, 5.41) is 3.47. The highest BCUT2D eigenvalue weighted by molar-refractivity contribution is 7.99. The summed E-state index contributed by atoms with van der Waals surface area (Å²) >= 11 is 1.73. The molecule has 1 nitrogen and oxygen atoms in total. The van der Waals surface area contributed by atoms with Crippen molar-refractivity contribution in [2.45, 2.75) is 49.1 Å². The van der Waals surface area contributed by atoms with Gasteiger partial charge in [0.15, 0.2) is 0 Å². The third kappa shape index (κ3) is 3.86. The largest absolute Gasteiger partial charge is 0.310 e. The van der Waals surface area contributed by atoms with Crippen LogP contribution < -0.4 is 5.32 Å². The Kier molecular flexibility index (Phi) is 4.32. The minimum Gasteiger partial charge on any atom is -0.310 e. The maximum absolute atomic E-state index is 13.5. The smallest absolute Gasteiger partial charge is 0.123 e. The molecule has 2 aromatic carbocycles. The zero-order valence-electron chi connectivity index (χ0n) is 12.4. The molecule has 0 aliphatic heterocycles. The van der Waals surface area contributed by atoms with Gasteiger partial charge in [-0.3, -0.25) is 0 Å². The molecule has 2 aromatic rings. The normalized spacial score (nSPS) is 14.4. The fraction of sp³-hybridized carbons (Fsp3) is 0.333. The lowest BCUT2D eigenvalue weighted by Gasteiger charge is -2.12. The highest BCUT2D eigenvalue weighted by atomic mass is 32.2. The molecule has 0 bridgehead atoms. The Bertz CT molecular complexity index is 650. The van der Waals surface area contributed by atoms with Gasteiger partial charge in [-0.05, 0) is 67.6 Å². The topological polar surface area (TPSA) is 12.0 Å². The first-order valence-electron chi connectivity index (χ1n) is 7.39. The number of aryl methyl sites for hydroxylation is 2. The van der Waals surface area contributed by atoms with Crippen molar-refractivity contribution < 1.29 is 4.39 Å². The van der Waals surface area contributed by atoms with Gasteiger partial charge in [-0.25, -0.2) is 4.39 Å². The van der Waals surface area contributed by atoms with Crippen molar-refractivity contribution in [2.75, 3.05) is 0 Å². The Balaban J connectivity index is 1.84. The standard InChI is InChI=1S/C18H20FNS/c1-12-3-4-13(2)18(9-12)21-17-8-5-15(19)10-14(17)11-20-16-6-7-16/h3-5,8-10,16,20H,6-7,11H2,1-2H3. The van der Waals surface area contributed by atoms with Crippen LogP contribution in [0.5, 0.6) is 0 Å². The van der Waals surface area contributed by atoms with Gasteiger partial charge in [0.05, 0.1) is 0 Å². The second-order valence-corrected chi connectivity index (χ2v) is 6.86. The van der Waals surface area contributed by atoms with Crippen LogP contribution in [0, 0.1) is 19.7 Å². The zero-order valence-corrected chi connectivity index (χ0v) is 13.3. The molecule has 0 heterocycles. The lowest BCUT2D eigenvalue weighted by atomic mass is 10.2. The van der Waals surface area contributed by atoms with Crippen LogP contribution in [0.15, 0.2) is 46.2 Å². The van der Waals surface area contributed by atoms with Gasteiger partial charge in [-0.1, -0.05) is 23.9 Å². The van der Waals surface area contributed by atoms with Crippen LogP contribution in [-0.4, -0.2) is 6.04 Å². The lowest BCUT2D eigenvalue weighted by Crippen LogP contribution is -2.16. The molecule has 0 amide bonds. The number of nitrogens with one attached hydrogen (secondary N) is 1. The van der Waals surface area contributed by atoms with E-state index in [-0.39, 0.29) is 5.82 Å². The SMILES string of the molecule is Cc1ccc(C)c(Sc2ccc(F)cc2CNC2CC2)c1. The summed E-state index contributed by atoms with van der Waals surface area (Å²) in [6.45, 7) is 4.97. The molecule has 110 valence electrons. The van der Waals surface area contributed by atoms with E-state index in [1.807, 2.05) is 6.07 Å². The van der Waals surface area contributed by atoms with Gasteiger partial charge in [0.1, 0.15) is 5.82 Å². The Morgan fingerprint density at radius 1 is 1.10 bits per heavy atom. The first-order chi connectivity index (χ1) is 10.1. The first kappa shape index (κ1) is 14.6. The predicted octanol–water partition coefficient (Wildman–Crippen LogP) is 4.85. The average molecular weight is 301 g/mol. The minimum absolute atomic E-state index is 0.159. The van der Waals surface area contributed by atoms with Crippen molar-refractivity contribution in [1.29, 1.82) is 0 Å². The highest BCUT2D eigenvalue weighted by Gasteiger charge is 2.20.